The Hall–Kier alpha value is -2.74. The van der Waals surface area contributed by atoms with Gasteiger partial charge in [-0.1, -0.05) is 57.9 Å². The minimum atomic E-state index is -1.13. The van der Waals surface area contributed by atoms with Gasteiger partial charge in [-0.3, -0.25) is 9.78 Å². The molecule has 0 saturated heterocycles. The van der Waals surface area contributed by atoms with Crippen LogP contribution in [0.25, 0.3) is 0 Å². The molecule has 0 bridgehead atoms. The molecular formula is C28H38O7. The zero-order valence-corrected chi connectivity index (χ0v) is 21.1. The monoisotopic (exact) mass is 486 g/mol. The lowest BCUT2D eigenvalue weighted by Crippen LogP contribution is -2.24. The number of unbranched alkanes of at least 4 members (excludes halogenated alkanes) is 2. The molecule has 2 aromatic carbocycles. The first-order valence-corrected chi connectivity index (χ1v) is 12.6. The van der Waals surface area contributed by atoms with Crippen molar-refractivity contribution in [2.45, 2.75) is 78.4 Å². The van der Waals surface area contributed by atoms with Crippen LogP contribution >= 0.6 is 0 Å². The van der Waals surface area contributed by atoms with E-state index in [0.717, 1.165) is 56.1 Å². The number of hydrogen-bond donors (Lipinski definition) is 0. The molecule has 0 heterocycles. The SMILES string of the molecule is CCCCc1ccc(C(=O)OOC(CCOCCC)OOC(=O)c2ccc(CCCC)cc2)cc1. The number of hydrogen-bond acceptors (Lipinski definition) is 7. The molecule has 2 aromatic rings. The summed E-state index contributed by atoms with van der Waals surface area (Å²) < 4.78 is 5.45. The second kappa shape index (κ2) is 16.8. The molecule has 0 aliphatic heterocycles. The van der Waals surface area contributed by atoms with Gasteiger partial charge in [-0.05, 0) is 67.5 Å². The number of carbonyl (C=O) groups excluding carboxylic acids is 2. The topological polar surface area (TPSA) is 80.3 Å². The fraction of sp³-hybridized carbons (Fsp3) is 0.500. The van der Waals surface area contributed by atoms with Gasteiger partial charge in [-0.2, -0.15) is 0 Å². The van der Waals surface area contributed by atoms with Crippen LogP contribution in [-0.2, 0) is 37.1 Å². The van der Waals surface area contributed by atoms with Gasteiger partial charge < -0.3 is 4.74 Å². The molecule has 35 heavy (non-hydrogen) atoms. The lowest BCUT2D eigenvalue weighted by molar-refractivity contribution is -0.422. The minimum Gasteiger partial charge on any atom is -0.381 e. The van der Waals surface area contributed by atoms with Crippen LogP contribution in [0.5, 0.6) is 0 Å². The van der Waals surface area contributed by atoms with E-state index >= 15 is 0 Å². The zero-order valence-electron chi connectivity index (χ0n) is 21.1. The van der Waals surface area contributed by atoms with Gasteiger partial charge in [0.2, 0.25) is 6.29 Å². The van der Waals surface area contributed by atoms with Gasteiger partial charge in [0.15, 0.2) is 0 Å². The number of rotatable bonds is 17. The lowest BCUT2D eigenvalue weighted by Gasteiger charge is -2.15. The van der Waals surface area contributed by atoms with Crippen molar-refractivity contribution in [1.82, 2.24) is 0 Å². The molecule has 0 aliphatic rings. The minimum absolute atomic E-state index is 0.201. The Morgan fingerprint density at radius 1 is 0.657 bits per heavy atom. The molecule has 7 heteroatoms. The molecule has 0 amide bonds. The van der Waals surface area contributed by atoms with E-state index in [1.165, 1.54) is 0 Å². The molecule has 2 rings (SSSR count). The van der Waals surface area contributed by atoms with Crippen LogP contribution < -0.4 is 0 Å². The summed E-state index contributed by atoms with van der Waals surface area (Å²) in [5.74, 6) is -1.33. The van der Waals surface area contributed by atoms with Gasteiger partial charge in [0.05, 0.1) is 17.7 Å². The maximum atomic E-state index is 12.4. The first-order chi connectivity index (χ1) is 17.1. The molecule has 0 radical (unpaired) electrons. The quantitative estimate of drug-likeness (QED) is 0.111. The molecule has 7 nitrogen and oxygen atoms in total. The predicted octanol–water partition coefficient (Wildman–Crippen LogP) is 6.39. The highest BCUT2D eigenvalue weighted by Gasteiger charge is 2.20. The smallest absolute Gasteiger partial charge is 0.373 e. The summed E-state index contributed by atoms with van der Waals surface area (Å²) in [6, 6.07) is 14.4. The summed E-state index contributed by atoms with van der Waals surface area (Å²) in [5.41, 5.74) is 3.02. The van der Waals surface area contributed by atoms with E-state index < -0.39 is 18.2 Å². The van der Waals surface area contributed by atoms with Crippen LogP contribution in [0.3, 0.4) is 0 Å². The van der Waals surface area contributed by atoms with Crippen LogP contribution in [-0.4, -0.2) is 31.4 Å². The largest absolute Gasteiger partial charge is 0.381 e. The standard InChI is InChI=1S/C28H38O7/c1-4-7-9-22-11-15-24(16-12-22)27(29)34-32-26(19-21-31-20-6-3)33-35-28(30)25-17-13-23(14-18-25)10-8-5-2/h11-18,26H,4-10,19-21H2,1-3H3. The Morgan fingerprint density at radius 3 is 1.51 bits per heavy atom. The molecule has 0 saturated carbocycles. The van der Waals surface area contributed by atoms with Gasteiger partial charge in [0, 0.05) is 13.0 Å². The Labute approximate surface area is 208 Å². The third kappa shape index (κ3) is 11.0. The van der Waals surface area contributed by atoms with E-state index in [-0.39, 0.29) is 13.0 Å². The highest BCUT2D eigenvalue weighted by molar-refractivity contribution is 5.89. The summed E-state index contributed by atoms with van der Waals surface area (Å²) in [4.78, 5) is 45.0. The summed E-state index contributed by atoms with van der Waals surface area (Å²) >= 11 is 0. The normalized spacial score (nSPS) is 11.0. The Balaban J connectivity index is 1.88. The fourth-order valence-corrected chi connectivity index (χ4v) is 3.21. The van der Waals surface area contributed by atoms with Gasteiger partial charge in [0.25, 0.3) is 0 Å². The van der Waals surface area contributed by atoms with Crippen molar-refractivity contribution >= 4 is 11.9 Å². The van der Waals surface area contributed by atoms with Crippen LogP contribution in [0.2, 0.25) is 0 Å². The number of carbonyl (C=O) groups is 2. The van der Waals surface area contributed by atoms with Crippen LogP contribution in [0.15, 0.2) is 48.5 Å². The van der Waals surface area contributed by atoms with Gasteiger partial charge >= 0.3 is 11.9 Å². The zero-order chi connectivity index (χ0) is 25.3. The lowest BCUT2D eigenvalue weighted by atomic mass is 10.1. The fourth-order valence-electron chi connectivity index (χ4n) is 3.21. The van der Waals surface area contributed by atoms with Crippen LogP contribution in [0, 0.1) is 0 Å². The van der Waals surface area contributed by atoms with E-state index in [1.807, 2.05) is 31.2 Å². The van der Waals surface area contributed by atoms with E-state index in [2.05, 4.69) is 13.8 Å². The van der Waals surface area contributed by atoms with Gasteiger partial charge in [0.1, 0.15) is 0 Å². The molecule has 0 atom stereocenters. The predicted molar refractivity (Wildman–Crippen MR) is 133 cm³/mol. The van der Waals surface area contributed by atoms with Crippen molar-refractivity contribution in [3.8, 4) is 0 Å². The summed E-state index contributed by atoms with van der Waals surface area (Å²) in [7, 11) is 0. The van der Waals surface area contributed by atoms with Crippen molar-refractivity contribution < 1.29 is 33.9 Å². The van der Waals surface area contributed by atoms with Crippen molar-refractivity contribution in [2.24, 2.45) is 0 Å². The van der Waals surface area contributed by atoms with Crippen molar-refractivity contribution in [2.75, 3.05) is 13.2 Å². The molecular weight excluding hydrogens is 448 g/mol. The highest BCUT2D eigenvalue weighted by Crippen LogP contribution is 2.13. The summed E-state index contributed by atoms with van der Waals surface area (Å²) in [6.45, 7) is 7.12. The molecule has 0 fully saturated rings. The number of benzene rings is 2. The van der Waals surface area contributed by atoms with Crippen molar-refractivity contribution in [3.63, 3.8) is 0 Å². The van der Waals surface area contributed by atoms with E-state index in [4.69, 9.17) is 24.3 Å². The average molecular weight is 487 g/mol. The molecule has 0 aromatic heterocycles. The average Bonchev–Trinajstić information content (AvgIpc) is 2.90. The molecule has 0 unspecified atom stereocenters. The van der Waals surface area contributed by atoms with E-state index in [1.54, 1.807) is 24.3 Å². The second-order valence-electron chi connectivity index (χ2n) is 8.37. The molecule has 0 aliphatic carbocycles. The highest BCUT2D eigenvalue weighted by atomic mass is 17.3. The van der Waals surface area contributed by atoms with Gasteiger partial charge in [-0.15, -0.1) is 9.78 Å². The van der Waals surface area contributed by atoms with Crippen LogP contribution in [0.4, 0.5) is 0 Å². The maximum absolute atomic E-state index is 12.4. The Morgan fingerprint density at radius 2 is 1.11 bits per heavy atom. The summed E-state index contributed by atoms with van der Waals surface area (Å²) in [6.07, 6.45) is 6.25. The Kier molecular flexibility index (Phi) is 13.7. The molecule has 0 spiro atoms. The van der Waals surface area contributed by atoms with Crippen molar-refractivity contribution in [3.05, 3.63) is 70.8 Å². The second-order valence-corrected chi connectivity index (χ2v) is 8.37. The maximum Gasteiger partial charge on any atom is 0.373 e. The molecule has 0 N–H and O–H groups in total. The summed E-state index contributed by atoms with van der Waals surface area (Å²) in [5, 5.41) is 0. The van der Waals surface area contributed by atoms with Gasteiger partial charge in [-0.25, -0.2) is 9.59 Å². The third-order valence-corrected chi connectivity index (χ3v) is 5.33. The Bertz CT molecular complexity index is 794. The van der Waals surface area contributed by atoms with Crippen molar-refractivity contribution in [1.29, 1.82) is 0 Å². The van der Waals surface area contributed by atoms with Crippen LogP contribution in [0.1, 0.15) is 91.1 Å². The van der Waals surface area contributed by atoms with E-state index in [0.29, 0.717) is 17.7 Å². The first-order valence-electron chi connectivity index (χ1n) is 12.6. The van der Waals surface area contributed by atoms with E-state index in [9.17, 15) is 9.59 Å². The molecule has 192 valence electrons. The number of ether oxygens (including phenoxy) is 1. The number of aryl methyl sites for hydroxylation is 2. The first kappa shape index (κ1) is 28.5. The third-order valence-electron chi connectivity index (χ3n) is 5.33.